The second-order valence-corrected chi connectivity index (χ2v) is 5.49. The standard InChI is InChI=1S/C14H12BrFN2O/c15-10-4-5-12(11(16)8-10)18-7-6-9-2-1-3-13(19)14(9)17-18/h4-8,17H,1-3H2. The number of benzene rings is 1. The average molecular weight is 323 g/mol. The fourth-order valence-electron chi connectivity index (χ4n) is 2.31. The maximum Gasteiger partial charge on any atom is 0.180 e. The second-order valence-electron chi connectivity index (χ2n) is 4.57. The van der Waals surface area contributed by atoms with Gasteiger partial charge >= 0.3 is 0 Å². The largest absolute Gasteiger partial charge is 0.292 e. The van der Waals surface area contributed by atoms with Crippen molar-refractivity contribution in [2.75, 3.05) is 5.01 Å². The van der Waals surface area contributed by atoms with E-state index < -0.39 is 0 Å². The maximum atomic E-state index is 13.9. The van der Waals surface area contributed by atoms with Gasteiger partial charge in [0, 0.05) is 17.1 Å². The lowest BCUT2D eigenvalue weighted by molar-refractivity contribution is -0.116. The van der Waals surface area contributed by atoms with E-state index in [2.05, 4.69) is 21.4 Å². The molecule has 5 heteroatoms. The van der Waals surface area contributed by atoms with Gasteiger partial charge in [-0.15, -0.1) is 0 Å². The molecule has 1 aliphatic carbocycles. The first-order chi connectivity index (χ1) is 9.15. The zero-order valence-corrected chi connectivity index (χ0v) is 11.7. The number of nitrogens with zero attached hydrogens (tertiary/aromatic N) is 1. The normalized spacial score (nSPS) is 18.4. The first kappa shape index (κ1) is 12.4. The second kappa shape index (κ2) is 4.81. The summed E-state index contributed by atoms with van der Waals surface area (Å²) >= 11 is 3.22. The molecule has 0 radical (unpaired) electrons. The van der Waals surface area contributed by atoms with E-state index in [1.165, 1.54) is 6.07 Å². The fourth-order valence-corrected chi connectivity index (χ4v) is 2.64. The number of allylic oxidation sites excluding steroid dienone is 3. The number of carbonyl (C=O) groups is 1. The molecule has 2 aliphatic rings. The Hall–Kier alpha value is -1.62. The van der Waals surface area contributed by atoms with Crippen LogP contribution in [0.15, 0.2) is 46.2 Å². The lowest BCUT2D eigenvalue weighted by Crippen LogP contribution is -2.40. The molecule has 0 saturated heterocycles. The molecular weight excluding hydrogens is 311 g/mol. The van der Waals surface area contributed by atoms with Crippen LogP contribution in [0.25, 0.3) is 0 Å². The van der Waals surface area contributed by atoms with Crippen LogP contribution in [0.2, 0.25) is 0 Å². The van der Waals surface area contributed by atoms with Crippen molar-refractivity contribution in [3.8, 4) is 0 Å². The molecule has 1 aromatic carbocycles. The van der Waals surface area contributed by atoms with Crippen molar-refractivity contribution in [3.05, 3.63) is 52.0 Å². The predicted molar refractivity (Wildman–Crippen MR) is 74.7 cm³/mol. The molecule has 0 atom stereocenters. The van der Waals surface area contributed by atoms with Gasteiger partial charge in [0.2, 0.25) is 0 Å². The summed E-state index contributed by atoms with van der Waals surface area (Å²) in [5.41, 5.74) is 4.99. The monoisotopic (exact) mass is 322 g/mol. The molecule has 1 aromatic rings. The minimum Gasteiger partial charge on any atom is -0.292 e. The molecule has 98 valence electrons. The molecule has 1 heterocycles. The van der Waals surface area contributed by atoms with Gasteiger partial charge in [-0.2, -0.15) is 0 Å². The SMILES string of the molecule is O=C1CCCC2=C1NN(c1ccc(Br)cc1F)C=C2. The van der Waals surface area contributed by atoms with Crippen LogP contribution >= 0.6 is 15.9 Å². The lowest BCUT2D eigenvalue weighted by Gasteiger charge is -2.30. The Morgan fingerprint density at radius 2 is 2.16 bits per heavy atom. The molecule has 0 aromatic heterocycles. The molecule has 1 N–H and O–H groups in total. The van der Waals surface area contributed by atoms with Gasteiger partial charge in [-0.25, -0.2) is 4.39 Å². The number of ketones is 1. The van der Waals surface area contributed by atoms with E-state index in [0.29, 0.717) is 22.3 Å². The Morgan fingerprint density at radius 1 is 1.32 bits per heavy atom. The highest BCUT2D eigenvalue weighted by Gasteiger charge is 2.24. The first-order valence-corrected chi connectivity index (χ1v) is 6.90. The summed E-state index contributed by atoms with van der Waals surface area (Å²) in [4.78, 5) is 11.9. The van der Waals surface area contributed by atoms with E-state index in [-0.39, 0.29) is 11.6 Å². The quantitative estimate of drug-likeness (QED) is 0.859. The molecular formula is C14H12BrFN2O. The Kier molecular flexibility index (Phi) is 3.14. The number of anilines is 1. The van der Waals surface area contributed by atoms with Gasteiger partial charge in [0.1, 0.15) is 11.5 Å². The molecule has 1 aliphatic heterocycles. The van der Waals surface area contributed by atoms with Crippen molar-refractivity contribution in [1.82, 2.24) is 5.43 Å². The van der Waals surface area contributed by atoms with Gasteiger partial charge in [-0.3, -0.25) is 15.2 Å². The van der Waals surface area contributed by atoms with E-state index >= 15 is 0 Å². The van der Waals surface area contributed by atoms with Crippen LogP contribution in [0.4, 0.5) is 10.1 Å². The summed E-state index contributed by atoms with van der Waals surface area (Å²) in [6.07, 6.45) is 5.96. The van der Waals surface area contributed by atoms with Crippen molar-refractivity contribution in [2.45, 2.75) is 19.3 Å². The minimum atomic E-state index is -0.348. The van der Waals surface area contributed by atoms with Gasteiger partial charge in [-0.05, 0) is 42.7 Å². The smallest absolute Gasteiger partial charge is 0.180 e. The summed E-state index contributed by atoms with van der Waals surface area (Å²) < 4.78 is 14.6. The van der Waals surface area contributed by atoms with Crippen molar-refractivity contribution in [1.29, 1.82) is 0 Å². The molecule has 0 spiro atoms. The molecule has 19 heavy (non-hydrogen) atoms. The average Bonchev–Trinajstić information content (AvgIpc) is 2.39. The Morgan fingerprint density at radius 3 is 2.95 bits per heavy atom. The number of hydrogen-bond donors (Lipinski definition) is 1. The van der Waals surface area contributed by atoms with Crippen LogP contribution in [0.3, 0.4) is 0 Å². The van der Waals surface area contributed by atoms with Crippen molar-refractivity contribution < 1.29 is 9.18 Å². The third-order valence-corrected chi connectivity index (χ3v) is 3.77. The third-order valence-electron chi connectivity index (χ3n) is 3.28. The third kappa shape index (κ3) is 2.30. The minimum absolute atomic E-state index is 0.0909. The molecule has 0 bridgehead atoms. The summed E-state index contributed by atoms with van der Waals surface area (Å²) in [5, 5.41) is 1.55. The molecule has 0 amide bonds. The van der Waals surface area contributed by atoms with Gasteiger partial charge in [-0.1, -0.05) is 15.9 Å². The fraction of sp³-hybridized carbons (Fsp3) is 0.214. The van der Waals surface area contributed by atoms with E-state index in [9.17, 15) is 9.18 Å². The van der Waals surface area contributed by atoms with E-state index in [1.807, 2.05) is 6.08 Å². The summed E-state index contributed by atoms with van der Waals surface area (Å²) in [7, 11) is 0. The topological polar surface area (TPSA) is 32.3 Å². The van der Waals surface area contributed by atoms with E-state index in [0.717, 1.165) is 18.4 Å². The summed E-state index contributed by atoms with van der Waals surface area (Å²) in [6.45, 7) is 0. The summed E-state index contributed by atoms with van der Waals surface area (Å²) in [5.74, 6) is -0.257. The van der Waals surface area contributed by atoms with Crippen molar-refractivity contribution >= 4 is 27.4 Å². The Labute approximate surface area is 118 Å². The number of hydrazine groups is 1. The van der Waals surface area contributed by atoms with Crippen molar-refractivity contribution in [3.63, 3.8) is 0 Å². The van der Waals surface area contributed by atoms with Crippen molar-refractivity contribution in [2.24, 2.45) is 0 Å². The Bertz CT molecular complexity index is 609. The Balaban J connectivity index is 1.92. The number of carbonyl (C=O) groups excluding carboxylic acids is 1. The first-order valence-electron chi connectivity index (χ1n) is 6.10. The van der Waals surface area contributed by atoms with E-state index in [4.69, 9.17) is 0 Å². The van der Waals surface area contributed by atoms with Crippen LogP contribution < -0.4 is 10.4 Å². The van der Waals surface area contributed by atoms with Crippen LogP contribution in [-0.2, 0) is 4.79 Å². The van der Waals surface area contributed by atoms with Crippen LogP contribution in [0.5, 0.6) is 0 Å². The number of nitrogens with one attached hydrogen (secondary N) is 1. The highest BCUT2D eigenvalue weighted by Crippen LogP contribution is 2.28. The maximum absolute atomic E-state index is 13.9. The van der Waals surface area contributed by atoms with Gasteiger partial charge < -0.3 is 0 Å². The highest BCUT2D eigenvalue weighted by molar-refractivity contribution is 9.10. The number of Topliss-reactive ketones (excluding diaryl/α,β-unsaturated/α-hetero) is 1. The van der Waals surface area contributed by atoms with Gasteiger partial charge in [0.05, 0.1) is 5.69 Å². The van der Waals surface area contributed by atoms with Gasteiger partial charge in [0.15, 0.2) is 5.78 Å². The number of rotatable bonds is 1. The molecule has 3 rings (SSSR count). The van der Waals surface area contributed by atoms with Gasteiger partial charge in [0.25, 0.3) is 0 Å². The highest BCUT2D eigenvalue weighted by atomic mass is 79.9. The zero-order valence-electron chi connectivity index (χ0n) is 10.1. The molecule has 0 saturated carbocycles. The van der Waals surface area contributed by atoms with Crippen LogP contribution in [-0.4, -0.2) is 5.78 Å². The zero-order chi connectivity index (χ0) is 13.4. The van der Waals surface area contributed by atoms with E-state index in [1.54, 1.807) is 23.3 Å². The lowest BCUT2D eigenvalue weighted by atomic mass is 9.94. The molecule has 3 nitrogen and oxygen atoms in total. The number of hydrogen-bond acceptors (Lipinski definition) is 3. The molecule has 0 unspecified atom stereocenters. The van der Waals surface area contributed by atoms with Crippen LogP contribution in [0.1, 0.15) is 19.3 Å². The molecule has 0 fully saturated rings. The summed E-state index contributed by atoms with van der Waals surface area (Å²) in [6, 6.07) is 4.83. The van der Waals surface area contributed by atoms with Crippen LogP contribution in [0, 0.1) is 5.82 Å². The predicted octanol–water partition coefficient (Wildman–Crippen LogP) is 3.43. The number of halogens is 2.